The van der Waals surface area contributed by atoms with Crippen LogP contribution in [0.25, 0.3) is 11.0 Å². The van der Waals surface area contributed by atoms with Crippen molar-refractivity contribution in [3.8, 4) is 11.5 Å². The zero-order valence-corrected chi connectivity index (χ0v) is 14.2. The van der Waals surface area contributed by atoms with Crippen LogP contribution in [0.2, 0.25) is 0 Å². The van der Waals surface area contributed by atoms with Gasteiger partial charge in [0.15, 0.2) is 11.5 Å². The summed E-state index contributed by atoms with van der Waals surface area (Å²) in [6, 6.07) is 12.7. The van der Waals surface area contributed by atoms with E-state index in [0.717, 1.165) is 5.56 Å². The van der Waals surface area contributed by atoms with Gasteiger partial charge in [-0.1, -0.05) is 24.8 Å². The number of hydrazone groups is 1. The average Bonchev–Trinajstić information content (AvgIpc) is 2.67. The molecule has 7 heteroatoms. The molecule has 3 aromatic rings. The van der Waals surface area contributed by atoms with Gasteiger partial charge in [-0.15, -0.1) is 0 Å². The lowest BCUT2D eigenvalue weighted by molar-refractivity contribution is 0.326. The summed E-state index contributed by atoms with van der Waals surface area (Å²) in [7, 11) is 1.56. The Kier molecular flexibility index (Phi) is 5.28. The molecule has 0 aliphatic carbocycles. The Hall–Kier alpha value is -3.61. The first-order valence-electron chi connectivity index (χ1n) is 7.91. The number of ether oxygens (including phenoxy) is 2. The summed E-state index contributed by atoms with van der Waals surface area (Å²) < 4.78 is 10.8. The standard InChI is InChI=1S/C19H18N4O3/c1-3-10-26-16-9-8-13(11-17(16)25-2)12-20-23-18-19(24)22-15-7-5-4-6-14(15)21-18/h3-9,11-12H,1,10H2,2H3,(H,21,23)(H,22,24)/b20-12-. The van der Waals surface area contributed by atoms with Gasteiger partial charge in [-0.05, 0) is 35.9 Å². The van der Waals surface area contributed by atoms with Crippen molar-refractivity contribution >= 4 is 23.1 Å². The van der Waals surface area contributed by atoms with E-state index < -0.39 is 0 Å². The van der Waals surface area contributed by atoms with E-state index in [4.69, 9.17) is 9.47 Å². The SMILES string of the molecule is C=CCOc1ccc(/C=N\Nc2nc3ccccc3[nH]c2=O)cc1OC. The van der Waals surface area contributed by atoms with Crippen LogP contribution >= 0.6 is 0 Å². The van der Waals surface area contributed by atoms with Crippen molar-refractivity contribution in [1.29, 1.82) is 0 Å². The Morgan fingerprint density at radius 1 is 1.27 bits per heavy atom. The van der Waals surface area contributed by atoms with E-state index in [0.29, 0.717) is 29.1 Å². The maximum absolute atomic E-state index is 12.0. The lowest BCUT2D eigenvalue weighted by atomic mass is 10.2. The number of fused-ring (bicyclic) bond motifs is 1. The average molecular weight is 350 g/mol. The van der Waals surface area contributed by atoms with Gasteiger partial charge in [0.05, 0.1) is 24.4 Å². The first-order chi connectivity index (χ1) is 12.7. The van der Waals surface area contributed by atoms with Crippen LogP contribution in [0.1, 0.15) is 5.56 Å². The van der Waals surface area contributed by atoms with Crippen molar-refractivity contribution < 1.29 is 9.47 Å². The Labute approximate surface area is 150 Å². The zero-order valence-electron chi connectivity index (χ0n) is 14.2. The molecule has 1 aromatic heterocycles. The Bertz CT molecular complexity index is 1010. The molecule has 0 atom stereocenters. The van der Waals surface area contributed by atoms with Gasteiger partial charge >= 0.3 is 0 Å². The first kappa shape index (κ1) is 17.2. The molecule has 0 saturated heterocycles. The summed E-state index contributed by atoms with van der Waals surface area (Å²) in [5, 5.41) is 4.08. The van der Waals surface area contributed by atoms with Gasteiger partial charge in [-0.25, -0.2) is 4.98 Å². The summed E-state index contributed by atoms with van der Waals surface area (Å²) in [5.41, 5.74) is 4.45. The van der Waals surface area contributed by atoms with Gasteiger partial charge in [0.1, 0.15) is 6.61 Å². The molecule has 2 N–H and O–H groups in total. The Morgan fingerprint density at radius 2 is 2.12 bits per heavy atom. The third kappa shape index (κ3) is 3.89. The van der Waals surface area contributed by atoms with Gasteiger partial charge in [-0.2, -0.15) is 5.10 Å². The van der Waals surface area contributed by atoms with Crippen LogP contribution in [0, 0.1) is 0 Å². The second-order valence-electron chi connectivity index (χ2n) is 5.31. The van der Waals surface area contributed by atoms with Crippen LogP contribution in [-0.2, 0) is 0 Å². The van der Waals surface area contributed by atoms with Crippen molar-refractivity contribution in [3.63, 3.8) is 0 Å². The quantitative estimate of drug-likeness (QED) is 0.388. The van der Waals surface area contributed by atoms with E-state index >= 15 is 0 Å². The number of nitrogens with zero attached hydrogens (tertiary/aromatic N) is 2. The number of methoxy groups -OCH3 is 1. The maximum atomic E-state index is 12.0. The molecule has 0 fully saturated rings. The van der Waals surface area contributed by atoms with E-state index in [9.17, 15) is 4.79 Å². The zero-order chi connectivity index (χ0) is 18.4. The first-order valence-corrected chi connectivity index (χ1v) is 7.91. The normalized spacial score (nSPS) is 10.8. The highest BCUT2D eigenvalue weighted by Gasteiger charge is 2.05. The van der Waals surface area contributed by atoms with Crippen LogP contribution in [-0.4, -0.2) is 29.9 Å². The molecule has 0 spiro atoms. The molecule has 3 rings (SSSR count). The molecule has 0 bridgehead atoms. The monoisotopic (exact) mass is 350 g/mol. The molecule has 0 unspecified atom stereocenters. The second-order valence-corrected chi connectivity index (χ2v) is 5.31. The third-order valence-corrected chi connectivity index (χ3v) is 3.53. The van der Waals surface area contributed by atoms with Crippen LogP contribution in [0.3, 0.4) is 0 Å². The number of anilines is 1. The number of hydrogen-bond acceptors (Lipinski definition) is 6. The van der Waals surface area contributed by atoms with Crippen LogP contribution in [0.15, 0.2) is 65.0 Å². The lowest BCUT2D eigenvalue weighted by Gasteiger charge is -2.09. The number of H-pyrrole nitrogens is 1. The summed E-state index contributed by atoms with van der Waals surface area (Å²) >= 11 is 0. The molecule has 0 saturated carbocycles. The molecule has 26 heavy (non-hydrogen) atoms. The number of aromatic nitrogens is 2. The van der Waals surface area contributed by atoms with E-state index in [2.05, 4.69) is 27.1 Å². The fourth-order valence-corrected chi connectivity index (χ4v) is 2.31. The van der Waals surface area contributed by atoms with Crippen molar-refractivity contribution in [2.24, 2.45) is 5.10 Å². The highest BCUT2D eigenvalue weighted by molar-refractivity contribution is 5.81. The van der Waals surface area contributed by atoms with Crippen molar-refractivity contribution in [1.82, 2.24) is 9.97 Å². The van der Waals surface area contributed by atoms with E-state index in [1.54, 1.807) is 37.6 Å². The van der Waals surface area contributed by atoms with E-state index in [-0.39, 0.29) is 11.4 Å². The highest BCUT2D eigenvalue weighted by Crippen LogP contribution is 2.27. The fraction of sp³-hybridized carbons (Fsp3) is 0.105. The van der Waals surface area contributed by atoms with Gasteiger partial charge in [0.2, 0.25) is 5.82 Å². The number of rotatable bonds is 7. The molecular formula is C19H18N4O3. The molecule has 7 nitrogen and oxygen atoms in total. The number of aromatic amines is 1. The topological polar surface area (TPSA) is 88.6 Å². The molecule has 0 aliphatic heterocycles. The number of benzene rings is 2. The van der Waals surface area contributed by atoms with Crippen molar-refractivity contribution in [3.05, 3.63) is 71.0 Å². The number of nitrogens with one attached hydrogen (secondary N) is 2. The Balaban J connectivity index is 1.77. The molecule has 1 heterocycles. The summed E-state index contributed by atoms with van der Waals surface area (Å²) in [4.78, 5) is 19.0. The lowest BCUT2D eigenvalue weighted by Crippen LogP contribution is -2.13. The van der Waals surface area contributed by atoms with Crippen LogP contribution in [0.5, 0.6) is 11.5 Å². The van der Waals surface area contributed by atoms with Gasteiger partial charge in [0, 0.05) is 0 Å². The molecule has 0 radical (unpaired) electrons. The minimum Gasteiger partial charge on any atom is -0.493 e. The number of hydrogen-bond donors (Lipinski definition) is 2. The second kappa shape index (κ2) is 7.98. The Morgan fingerprint density at radius 3 is 2.92 bits per heavy atom. The molecular weight excluding hydrogens is 332 g/mol. The predicted octanol–water partition coefficient (Wildman–Crippen LogP) is 2.94. The van der Waals surface area contributed by atoms with E-state index in [1.165, 1.54) is 0 Å². The largest absolute Gasteiger partial charge is 0.493 e. The van der Waals surface area contributed by atoms with E-state index in [1.807, 2.05) is 24.3 Å². The van der Waals surface area contributed by atoms with Gasteiger partial charge in [0.25, 0.3) is 5.56 Å². The van der Waals surface area contributed by atoms with Crippen molar-refractivity contribution in [2.45, 2.75) is 0 Å². The van der Waals surface area contributed by atoms with Gasteiger partial charge in [-0.3, -0.25) is 10.2 Å². The molecule has 0 amide bonds. The number of para-hydroxylation sites is 2. The minimum atomic E-state index is -0.341. The van der Waals surface area contributed by atoms with Crippen LogP contribution in [0.4, 0.5) is 5.82 Å². The summed E-state index contributed by atoms with van der Waals surface area (Å²) in [5.74, 6) is 1.32. The third-order valence-electron chi connectivity index (χ3n) is 3.53. The minimum absolute atomic E-state index is 0.123. The smallest absolute Gasteiger partial charge is 0.293 e. The highest BCUT2D eigenvalue weighted by atomic mass is 16.5. The molecule has 2 aromatic carbocycles. The van der Waals surface area contributed by atoms with Gasteiger partial charge < -0.3 is 14.5 Å². The summed E-state index contributed by atoms with van der Waals surface area (Å²) in [6.07, 6.45) is 3.23. The van der Waals surface area contributed by atoms with Crippen LogP contribution < -0.4 is 20.5 Å². The predicted molar refractivity (Wildman–Crippen MR) is 102 cm³/mol. The molecule has 132 valence electrons. The fourth-order valence-electron chi connectivity index (χ4n) is 2.31. The van der Waals surface area contributed by atoms with Crippen molar-refractivity contribution in [2.75, 3.05) is 19.1 Å². The maximum Gasteiger partial charge on any atom is 0.293 e. The summed E-state index contributed by atoms with van der Waals surface area (Å²) in [6.45, 7) is 4.01. The molecule has 0 aliphatic rings.